The first-order valence-electron chi connectivity index (χ1n) is 10.6. The Morgan fingerprint density at radius 2 is 1.69 bits per heavy atom. The summed E-state index contributed by atoms with van der Waals surface area (Å²) in [6, 6.07) is 12.9. The Bertz CT molecular complexity index is 1160. The molecule has 6 heteroatoms. The second kappa shape index (κ2) is 10.5. The van der Waals surface area contributed by atoms with E-state index in [9.17, 15) is 4.79 Å². The van der Waals surface area contributed by atoms with Gasteiger partial charge < -0.3 is 4.57 Å². The zero-order valence-electron chi connectivity index (χ0n) is 19.5. The summed E-state index contributed by atoms with van der Waals surface area (Å²) in [5.74, 6) is 1.07. The van der Waals surface area contributed by atoms with Crippen molar-refractivity contribution in [2.75, 3.05) is 5.75 Å². The van der Waals surface area contributed by atoms with Gasteiger partial charge in [-0.25, -0.2) is 5.43 Å². The zero-order valence-corrected chi connectivity index (χ0v) is 21.9. The monoisotopic (exact) mass is 511 g/mol. The van der Waals surface area contributed by atoms with Crippen LogP contribution in [0.4, 0.5) is 0 Å². The van der Waals surface area contributed by atoms with E-state index < -0.39 is 0 Å². The van der Waals surface area contributed by atoms with E-state index in [1.54, 1.807) is 18.0 Å². The fourth-order valence-electron chi connectivity index (χ4n) is 3.84. The number of benzene rings is 2. The van der Waals surface area contributed by atoms with Gasteiger partial charge in [0, 0.05) is 32.9 Å². The Labute approximate surface area is 203 Å². The Morgan fingerprint density at radius 1 is 1.00 bits per heavy atom. The molecule has 1 amide bonds. The molecule has 1 N–H and O–H groups in total. The molecule has 3 aromatic rings. The van der Waals surface area contributed by atoms with E-state index in [0.717, 1.165) is 32.9 Å². The number of hydrazone groups is 1. The smallest absolute Gasteiger partial charge is 0.250 e. The van der Waals surface area contributed by atoms with Gasteiger partial charge in [0.15, 0.2) is 0 Å². The summed E-state index contributed by atoms with van der Waals surface area (Å²) < 4.78 is 3.19. The topological polar surface area (TPSA) is 46.4 Å². The number of nitrogens with one attached hydrogen (secondary N) is 1. The fraction of sp³-hybridized carbons (Fsp3) is 0.308. The molecule has 0 spiro atoms. The number of aromatic nitrogens is 1. The lowest BCUT2D eigenvalue weighted by molar-refractivity contribution is -0.118. The Balaban J connectivity index is 1.63. The van der Waals surface area contributed by atoms with Gasteiger partial charge in [-0.1, -0.05) is 35.4 Å². The predicted molar refractivity (Wildman–Crippen MR) is 140 cm³/mol. The summed E-state index contributed by atoms with van der Waals surface area (Å²) in [6.45, 7) is 12.6. The molecule has 1 aromatic heterocycles. The molecular formula is C26H30BrN3OS. The molecule has 0 fully saturated rings. The highest BCUT2D eigenvalue weighted by molar-refractivity contribution is 9.10. The highest BCUT2D eigenvalue weighted by Crippen LogP contribution is 2.30. The second-order valence-electron chi connectivity index (χ2n) is 8.28. The van der Waals surface area contributed by atoms with Gasteiger partial charge in [-0.15, -0.1) is 11.8 Å². The van der Waals surface area contributed by atoms with Crippen LogP contribution in [-0.2, 0) is 10.5 Å². The van der Waals surface area contributed by atoms with E-state index in [1.807, 2.05) is 0 Å². The van der Waals surface area contributed by atoms with Crippen LogP contribution in [0.3, 0.4) is 0 Å². The van der Waals surface area contributed by atoms with Crippen molar-refractivity contribution in [2.45, 2.75) is 47.3 Å². The van der Waals surface area contributed by atoms with Crippen molar-refractivity contribution in [1.82, 2.24) is 9.99 Å². The van der Waals surface area contributed by atoms with Crippen LogP contribution in [-0.4, -0.2) is 22.4 Å². The maximum atomic E-state index is 12.2. The van der Waals surface area contributed by atoms with E-state index in [4.69, 9.17) is 0 Å². The van der Waals surface area contributed by atoms with Crippen LogP contribution in [0.1, 0.15) is 44.8 Å². The van der Waals surface area contributed by atoms with E-state index in [-0.39, 0.29) is 5.91 Å². The first-order chi connectivity index (χ1) is 15.2. The molecule has 0 radical (unpaired) electrons. The third-order valence-electron chi connectivity index (χ3n) is 5.53. The average molecular weight is 513 g/mol. The second-order valence-corrected chi connectivity index (χ2v) is 10.1. The number of hydrogen-bond donors (Lipinski definition) is 1. The van der Waals surface area contributed by atoms with E-state index in [1.165, 1.54) is 27.8 Å². The van der Waals surface area contributed by atoms with Crippen molar-refractivity contribution < 1.29 is 4.79 Å². The van der Waals surface area contributed by atoms with E-state index in [0.29, 0.717) is 5.75 Å². The molecule has 0 atom stereocenters. The lowest BCUT2D eigenvalue weighted by Crippen LogP contribution is -2.19. The Kier molecular flexibility index (Phi) is 8.01. The fourth-order valence-corrected chi connectivity index (χ4v) is 5.16. The summed E-state index contributed by atoms with van der Waals surface area (Å²) in [4.78, 5) is 12.2. The number of carbonyl (C=O) groups is 1. The van der Waals surface area contributed by atoms with Crippen molar-refractivity contribution in [3.8, 4) is 5.69 Å². The number of halogens is 1. The molecular weight excluding hydrogens is 482 g/mol. The number of nitrogens with zero attached hydrogens (tertiary/aromatic N) is 2. The number of hydrogen-bond acceptors (Lipinski definition) is 3. The van der Waals surface area contributed by atoms with Crippen LogP contribution in [0.5, 0.6) is 0 Å². The van der Waals surface area contributed by atoms with Crippen LogP contribution in [0.15, 0.2) is 46.0 Å². The summed E-state index contributed by atoms with van der Waals surface area (Å²) in [5.41, 5.74) is 13.2. The molecule has 0 bridgehead atoms. The molecule has 32 heavy (non-hydrogen) atoms. The van der Waals surface area contributed by atoms with Crippen LogP contribution >= 0.6 is 27.7 Å². The maximum Gasteiger partial charge on any atom is 0.250 e. The number of rotatable bonds is 7. The van der Waals surface area contributed by atoms with Gasteiger partial charge in [-0.2, -0.15) is 5.10 Å². The molecule has 0 saturated carbocycles. The van der Waals surface area contributed by atoms with Crippen molar-refractivity contribution in [3.05, 3.63) is 85.6 Å². The summed E-state index contributed by atoms with van der Waals surface area (Å²) >= 11 is 5.29. The average Bonchev–Trinajstić information content (AvgIpc) is 2.92. The van der Waals surface area contributed by atoms with Gasteiger partial charge in [0.05, 0.1) is 12.0 Å². The van der Waals surface area contributed by atoms with Gasteiger partial charge in [-0.3, -0.25) is 4.79 Å². The van der Waals surface area contributed by atoms with Crippen LogP contribution < -0.4 is 5.43 Å². The molecule has 0 saturated heterocycles. The molecule has 2 aromatic carbocycles. The summed E-state index contributed by atoms with van der Waals surface area (Å²) in [7, 11) is 0. The van der Waals surface area contributed by atoms with Crippen molar-refractivity contribution in [2.24, 2.45) is 5.10 Å². The van der Waals surface area contributed by atoms with Gasteiger partial charge in [0.25, 0.3) is 0 Å². The number of aryl methyl sites for hydroxylation is 4. The standard InChI is InChI=1S/C26H30BrN3OS/c1-16-9-17(2)11-22(10-16)14-32-15-25(31)29-28-13-24-20(5)30(21(6)26(24)27)23-8-7-18(3)19(4)12-23/h7-13H,14-15H2,1-6H3,(H,29,31)/b28-13-. The van der Waals surface area contributed by atoms with Crippen LogP contribution in [0.25, 0.3) is 5.69 Å². The minimum Gasteiger partial charge on any atom is -0.317 e. The summed E-state index contributed by atoms with van der Waals surface area (Å²) in [6.07, 6.45) is 1.72. The van der Waals surface area contributed by atoms with E-state index in [2.05, 4.69) is 109 Å². The van der Waals surface area contributed by atoms with Gasteiger partial charge in [0.2, 0.25) is 5.91 Å². The van der Waals surface area contributed by atoms with Crippen LogP contribution in [0.2, 0.25) is 0 Å². The SMILES string of the molecule is Cc1cc(C)cc(CSCC(=O)N/N=C\c2c(Br)c(C)n(-c3ccc(C)c(C)c3)c2C)c1. The lowest BCUT2D eigenvalue weighted by Gasteiger charge is -2.11. The van der Waals surface area contributed by atoms with E-state index >= 15 is 0 Å². The van der Waals surface area contributed by atoms with Gasteiger partial charge >= 0.3 is 0 Å². The van der Waals surface area contributed by atoms with Crippen LogP contribution in [0, 0.1) is 41.5 Å². The minimum atomic E-state index is -0.102. The number of thioether (sulfide) groups is 1. The quantitative estimate of drug-likeness (QED) is 0.291. The molecule has 168 valence electrons. The molecule has 0 aliphatic rings. The largest absolute Gasteiger partial charge is 0.317 e. The highest BCUT2D eigenvalue weighted by Gasteiger charge is 2.16. The van der Waals surface area contributed by atoms with Crippen molar-refractivity contribution >= 4 is 39.8 Å². The number of carbonyl (C=O) groups excluding carboxylic acids is 1. The molecule has 0 aliphatic carbocycles. The first kappa shape index (κ1) is 24.3. The Hall–Kier alpha value is -2.31. The van der Waals surface area contributed by atoms with Gasteiger partial charge in [0.1, 0.15) is 0 Å². The normalized spacial score (nSPS) is 11.3. The third kappa shape index (κ3) is 5.73. The molecule has 0 unspecified atom stereocenters. The zero-order chi connectivity index (χ0) is 23.4. The molecule has 4 nitrogen and oxygen atoms in total. The first-order valence-corrected chi connectivity index (χ1v) is 12.5. The predicted octanol–water partition coefficient (Wildman–Crippen LogP) is 6.47. The molecule has 0 aliphatic heterocycles. The highest BCUT2D eigenvalue weighted by atomic mass is 79.9. The number of amides is 1. The Morgan fingerprint density at radius 3 is 2.34 bits per heavy atom. The third-order valence-corrected chi connectivity index (χ3v) is 7.53. The maximum absolute atomic E-state index is 12.2. The molecule has 1 heterocycles. The van der Waals surface area contributed by atoms with Crippen molar-refractivity contribution in [3.63, 3.8) is 0 Å². The van der Waals surface area contributed by atoms with Gasteiger partial charge in [-0.05, 0) is 86.3 Å². The summed E-state index contributed by atoms with van der Waals surface area (Å²) in [5, 5.41) is 4.22. The lowest BCUT2D eigenvalue weighted by atomic mass is 10.1. The van der Waals surface area contributed by atoms with Crippen molar-refractivity contribution in [1.29, 1.82) is 0 Å². The minimum absolute atomic E-state index is 0.102. The molecule has 3 rings (SSSR count).